The molecule has 1 aromatic rings. The first-order chi connectivity index (χ1) is 23.5. The summed E-state index contributed by atoms with van der Waals surface area (Å²) in [7, 11) is 0. The van der Waals surface area contributed by atoms with E-state index in [9.17, 15) is 19.2 Å². The van der Waals surface area contributed by atoms with E-state index >= 15 is 0 Å². The molecule has 1 aromatic carbocycles. The first kappa shape index (κ1) is 39.8. The van der Waals surface area contributed by atoms with Crippen molar-refractivity contribution in [2.24, 2.45) is 5.92 Å². The number of rotatable bonds is 28. The number of imide groups is 1. The second-order valence-electron chi connectivity index (χ2n) is 13.8. The summed E-state index contributed by atoms with van der Waals surface area (Å²) in [5, 5.41) is 6.10. The Morgan fingerprint density at radius 3 is 1.77 bits per heavy atom. The lowest BCUT2D eigenvalue weighted by atomic mass is 10.1. The monoisotopic (exact) mass is 681 g/mol. The molecule has 1 aliphatic carbocycles. The predicted octanol–water partition coefficient (Wildman–Crippen LogP) is 9.30. The smallest absolute Gasteiger partial charge is 0.258 e. The average molecular weight is 682 g/mol. The fourth-order valence-electron chi connectivity index (χ4n) is 6.70. The van der Waals surface area contributed by atoms with Gasteiger partial charge in [0.05, 0.1) is 5.69 Å². The molecule has 2 N–H and O–H groups in total. The second-order valence-corrected chi connectivity index (χ2v) is 15.1. The summed E-state index contributed by atoms with van der Waals surface area (Å²) in [6.07, 6.45) is 31.3. The molecule has 1 fully saturated rings. The van der Waals surface area contributed by atoms with Crippen LogP contribution in [0.2, 0.25) is 0 Å². The van der Waals surface area contributed by atoms with E-state index in [-0.39, 0.29) is 23.6 Å². The van der Waals surface area contributed by atoms with Gasteiger partial charge in [-0.2, -0.15) is 11.8 Å². The molecule has 268 valence electrons. The van der Waals surface area contributed by atoms with Gasteiger partial charge >= 0.3 is 0 Å². The molecule has 8 heteroatoms. The van der Waals surface area contributed by atoms with Crippen LogP contribution in [0.4, 0.5) is 5.69 Å². The van der Waals surface area contributed by atoms with Crippen LogP contribution in [-0.2, 0) is 14.4 Å². The van der Waals surface area contributed by atoms with E-state index in [4.69, 9.17) is 0 Å². The molecule has 48 heavy (non-hydrogen) atoms. The van der Waals surface area contributed by atoms with Crippen molar-refractivity contribution in [3.8, 4) is 0 Å². The van der Waals surface area contributed by atoms with E-state index in [1.165, 1.54) is 146 Å². The van der Waals surface area contributed by atoms with E-state index in [2.05, 4.69) is 22.4 Å². The Balaban J connectivity index is 0.986. The van der Waals surface area contributed by atoms with Crippen LogP contribution in [-0.4, -0.2) is 48.2 Å². The molecule has 0 saturated heterocycles. The molecular weight excluding hydrogens is 619 g/mol. The van der Waals surface area contributed by atoms with Gasteiger partial charge in [0.1, 0.15) is 0 Å². The summed E-state index contributed by atoms with van der Waals surface area (Å²) in [4.78, 5) is 49.4. The number of carbonyl (C=O) groups excluding carboxylic acids is 4. The highest BCUT2D eigenvalue weighted by molar-refractivity contribution is 7.99. The van der Waals surface area contributed by atoms with Gasteiger partial charge in [-0.25, -0.2) is 4.90 Å². The molecule has 1 heterocycles. The Hall–Kier alpha value is -2.61. The summed E-state index contributed by atoms with van der Waals surface area (Å²) in [5.41, 5.74) is 0.876. The third-order valence-corrected chi connectivity index (χ3v) is 10.8. The predicted molar refractivity (Wildman–Crippen MR) is 200 cm³/mol. The Morgan fingerprint density at radius 1 is 0.667 bits per heavy atom. The highest BCUT2D eigenvalue weighted by Gasteiger charge is 2.25. The molecule has 0 atom stereocenters. The molecule has 0 radical (unpaired) electrons. The van der Waals surface area contributed by atoms with Crippen LogP contribution in [0, 0.1) is 5.92 Å². The minimum Gasteiger partial charge on any atom is -0.356 e. The fourth-order valence-corrected chi connectivity index (χ4v) is 7.72. The molecule has 0 bridgehead atoms. The van der Waals surface area contributed by atoms with E-state index in [0.717, 1.165) is 36.6 Å². The zero-order valence-corrected chi connectivity index (χ0v) is 30.4. The number of nitrogens with zero attached hydrogens (tertiary/aromatic N) is 1. The van der Waals surface area contributed by atoms with Crippen molar-refractivity contribution in [2.45, 2.75) is 148 Å². The number of thioether (sulfide) groups is 1. The van der Waals surface area contributed by atoms with Crippen molar-refractivity contribution < 1.29 is 19.2 Å². The number of amides is 4. The average Bonchev–Trinajstić information content (AvgIpc) is 3.74. The third-order valence-electron chi connectivity index (χ3n) is 9.68. The van der Waals surface area contributed by atoms with Crippen LogP contribution in [0.5, 0.6) is 0 Å². The van der Waals surface area contributed by atoms with Crippen molar-refractivity contribution in [1.82, 2.24) is 10.6 Å². The van der Waals surface area contributed by atoms with Gasteiger partial charge in [0.25, 0.3) is 17.7 Å². The maximum Gasteiger partial charge on any atom is 0.258 e. The fraction of sp³-hybridized carbons (Fsp3) is 0.700. The van der Waals surface area contributed by atoms with Crippen LogP contribution in [0.15, 0.2) is 36.4 Å². The minimum absolute atomic E-state index is 0.177. The molecule has 0 aromatic heterocycles. The van der Waals surface area contributed by atoms with Crippen LogP contribution >= 0.6 is 11.8 Å². The number of hydrogen-bond donors (Lipinski definition) is 2. The standard InChI is InChI=1S/C40H63N3O4S/c44-37(42-33-34-22-16-17-23-34)26-15-11-7-3-6-10-14-20-31-48-30-19-13-9-5-2-1-4-8-12-18-29-41-40(47)35-24-21-25-36(32-35)43-38(45)27-28-39(43)46/h21,24-25,27-28,32,34H,1-20,22-23,26,29-31,33H2,(H,41,47)(H,42,44). The number of carbonyl (C=O) groups is 4. The first-order valence-electron chi connectivity index (χ1n) is 19.3. The summed E-state index contributed by atoms with van der Waals surface area (Å²) >= 11 is 2.14. The largest absolute Gasteiger partial charge is 0.356 e. The molecular formula is C40H63N3O4S. The van der Waals surface area contributed by atoms with E-state index in [0.29, 0.717) is 24.2 Å². The van der Waals surface area contributed by atoms with Crippen LogP contribution in [0.25, 0.3) is 0 Å². The summed E-state index contributed by atoms with van der Waals surface area (Å²) in [6.45, 7) is 1.54. The number of unbranched alkanes of at least 4 members (excludes halogenated alkanes) is 16. The van der Waals surface area contributed by atoms with Gasteiger partial charge in [-0.1, -0.05) is 109 Å². The van der Waals surface area contributed by atoms with Crippen molar-refractivity contribution in [2.75, 3.05) is 29.5 Å². The molecule has 2 aliphatic rings. The SMILES string of the molecule is O=C(CCCCCCCCCCSCCCCCCCCCCCCNC(=O)c1cccc(N2C(=O)C=CC2=O)c1)NCC1CCCC1. The molecule has 3 rings (SSSR count). The third kappa shape index (κ3) is 17.2. The molecule has 7 nitrogen and oxygen atoms in total. The molecule has 1 saturated carbocycles. The number of anilines is 1. The van der Waals surface area contributed by atoms with Gasteiger partial charge < -0.3 is 10.6 Å². The van der Waals surface area contributed by atoms with Crippen LogP contribution < -0.4 is 15.5 Å². The maximum absolute atomic E-state index is 12.5. The highest BCUT2D eigenvalue weighted by atomic mass is 32.2. The first-order valence-corrected chi connectivity index (χ1v) is 20.5. The van der Waals surface area contributed by atoms with Gasteiger partial charge in [0.15, 0.2) is 0 Å². The molecule has 1 aliphatic heterocycles. The Morgan fingerprint density at radius 2 is 1.19 bits per heavy atom. The van der Waals surface area contributed by atoms with E-state index < -0.39 is 0 Å². The summed E-state index contributed by atoms with van der Waals surface area (Å²) in [5.74, 6) is 2.68. The molecule has 0 spiro atoms. The molecule has 4 amide bonds. The minimum atomic E-state index is -0.383. The summed E-state index contributed by atoms with van der Waals surface area (Å²) in [6, 6.07) is 6.65. The normalized spacial score (nSPS) is 14.7. The zero-order chi connectivity index (χ0) is 34.1. The van der Waals surface area contributed by atoms with Crippen molar-refractivity contribution in [1.29, 1.82) is 0 Å². The van der Waals surface area contributed by atoms with Gasteiger partial charge in [-0.15, -0.1) is 0 Å². The van der Waals surface area contributed by atoms with Gasteiger partial charge in [-0.05, 0) is 74.1 Å². The van der Waals surface area contributed by atoms with Crippen LogP contribution in [0.1, 0.15) is 158 Å². The summed E-state index contributed by atoms with van der Waals surface area (Å²) < 4.78 is 0. The number of nitrogens with one attached hydrogen (secondary N) is 2. The topological polar surface area (TPSA) is 95.6 Å². The Kier molecular flexibility index (Phi) is 21.1. The quantitative estimate of drug-likeness (QED) is 0.0679. The molecule has 0 unspecified atom stereocenters. The number of hydrogen-bond acceptors (Lipinski definition) is 5. The van der Waals surface area contributed by atoms with Crippen molar-refractivity contribution in [3.63, 3.8) is 0 Å². The van der Waals surface area contributed by atoms with Gasteiger partial charge in [-0.3, -0.25) is 19.2 Å². The Bertz CT molecular complexity index is 1100. The van der Waals surface area contributed by atoms with Gasteiger partial charge in [0, 0.05) is 37.2 Å². The van der Waals surface area contributed by atoms with Crippen molar-refractivity contribution in [3.05, 3.63) is 42.0 Å². The van der Waals surface area contributed by atoms with E-state index in [1.807, 2.05) is 0 Å². The lowest BCUT2D eigenvalue weighted by Crippen LogP contribution is -2.30. The van der Waals surface area contributed by atoms with Crippen LogP contribution in [0.3, 0.4) is 0 Å². The zero-order valence-electron chi connectivity index (χ0n) is 29.6. The Labute approximate surface area is 295 Å². The lowest BCUT2D eigenvalue weighted by Gasteiger charge is -2.14. The second kappa shape index (κ2) is 25.4. The van der Waals surface area contributed by atoms with Gasteiger partial charge in [0.2, 0.25) is 5.91 Å². The number of benzene rings is 1. The van der Waals surface area contributed by atoms with Crippen molar-refractivity contribution >= 4 is 41.1 Å². The maximum atomic E-state index is 12.5. The van der Waals surface area contributed by atoms with E-state index in [1.54, 1.807) is 24.3 Å². The highest BCUT2D eigenvalue weighted by Crippen LogP contribution is 2.24. The lowest BCUT2D eigenvalue weighted by molar-refractivity contribution is -0.122.